The molecule has 1 aromatic rings. The number of benzene rings is 1. The second kappa shape index (κ2) is 8.01. The largest absolute Gasteiger partial charge is 0.289 e. The smallest absolute Gasteiger partial charge is 0.283 e. The third kappa shape index (κ3) is 4.03. The first-order valence-electron chi connectivity index (χ1n) is 8.70. The molecule has 1 amide bonds. The zero-order chi connectivity index (χ0) is 19.6. The van der Waals surface area contributed by atoms with Gasteiger partial charge in [0.25, 0.3) is 16.1 Å². The number of rotatable bonds is 4. The van der Waals surface area contributed by atoms with E-state index in [1.165, 1.54) is 15.9 Å². The van der Waals surface area contributed by atoms with Crippen LogP contribution in [-0.4, -0.2) is 53.8 Å². The summed E-state index contributed by atoms with van der Waals surface area (Å²) < 4.78 is 54.8. The van der Waals surface area contributed by atoms with E-state index < -0.39 is 33.8 Å². The third-order valence-corrected chi connectivity index (χ3v) is 6.97. The summed E-state index contributed by atoms with van der Waals surface area (Å²) >= 11 is 0. The molecule has 1 atom stereocenters. The predicted octanol–water partition coefficient (Wildman–Crippen LogP) is 1.66. The quantitative estimate of drug-likeness (QED) is 0.593. The maximum absolute atomic E-state index is 13.4. The van der Waals surface area contributed by atoms with E-state index in [4.69, 9.17) is 5.21 Å². The fraction of sp³-hybridized carbons (Fsp3) is 0.471. The van der Waals surface area contributed by atoms with Gasteiger partial charge < -0.3 is 0 Å². The number of carbonyl (C=O) groups is 1. The number of hydrogen-bond acceptors (Lipinski definition) is 4. The molecule has 2 heterocycles. The van der Waals surface area contributed by atoms with E-state index in [9.17, 15) is 22.0 Å². The molecule has 2 aliphatic rings. The van der Waals surface area contributed by atoms with Crippen molar-refractivity contribution in [1.29, 1.82) is 0 Å². The maximum Gasteiger partial charge on any atom is 0.283 e. The summed E-state index contributed by atoms with van der Waals surface area (Å²) in [6.07, 6.45) is 3.69. The van der Waals surface area contributed by atoms with Gasteiger partial charge in [0.15, 0.2) is 11.6 Å². The Labute approximate surface area is 156 Å². The van der Waals surface area contributed by atoms with Crippen LogP contribution in [0.5, 0.6) is 0 Å². The van der Waals surface area contributed by atoms with Gasteiger partial charge in [-0.1, -0.05) is 18.6 Å². The molecule has 0 unspecified atom stereocenters. The van der Waals surface area contributed by atoms with Gasteiger partial charge in [-0.25, -0.2) is 14.3 Å². The van der Waals surface area contributed by atoms with Crippen LogP contribution in [0.15, 0.2) is 24.3 Å². The Morgan fingerprint density at radius 2 is 1.96 bits per heavy atom. The first kappa shape index (κ1) is 19.9. The molecule has 3 rings (SSSR count). The van der Waals surface area contributed by atoms with Gasteiger partial charge in [0, 0.05) is 19.6 Å². The second-order valence-electron chi connectivity index (χ2n) is 6.57. The lowest BCUT2D eigenvalue weighted by Gasteiger charge is -2.37. The van der Waals surface area contributed by atoms with Crippen molar-refractivity contribution in [3.63, 3.8) is 0 Å². The Bertz CT molecular complexity index is 860. The molecule has 7 nitrogen and oxygen atoms in total. The van der Waals surface area contributed by atoms with Crippen LogP contribution < -0.4 is 5.48 Å². The molecule has 1 fully saturated rings. The van der Waals surface area contributed by atoms with Crippen LogP contribution in [0.4, 0.5) is 8.78 Å². The minimum Gasteiger partial charge on any atom is -0.289 e. The summed E-state index contributed by atoms with van der Waals surface area (Å²) in [5, 5.41) is 8.88. The van der Waals surface area contributed by atoms with Crippen LogP contribution in [-0.2, 0) is 15.0 Å². The van der Waals surface area contributed by atoms with Crippen molar-refractivity contribution in [2.75, 3.05) is 19.6 Å². The molecular formula is C17H21F2N3O4S. The molecule has 1 saturated heterocycles. The number of halogens is 2. The zero-order valence-corrected chi connectivity index (χ0v) is 15.4. The standard InChI is InChI=1S/C17H21F2N3O4S/c18-14-5-4-13(11-15(14)19)12-6-9-21(10-7-12)27(25,26)22-8-2-1-3-16(22)17(23)20-24/h4-6,11,16,24H,1-3,7-10H2,(H,20,23)/t16-/m1/s1. The summed E-state index contributed by atoms with van der Waals surface area (Å²) in [6, 6.07) is 2.66. The van der Waals surface area contributed by atoms with Crippen molar-refractivity contribution < 1.29 is 27.2 Å². The van der Waals surface area contributed by atoms with Crippen molar-refractivity contribution in [2.45, 2.75) is 31.7 Å². The van der Waals surface area contributed by atoms with Crippen LogP contribution in [0.25, 0.3) is 5.57 Å². The molecule has 148 valence electrons. The van der Waals surface area contributed by atoms with Gasteiger partial charge in [-0.05, 0) is 42.5 Å². The molecule has 10 heteroatoms. The molecule has 0 aliphatic carbocycles. The van der Waals surface area contributed by atoms with Crippen LogP contribution in [0, 0.1) is 11.6 Å². The van der Waals surface area contributed by atoms with Gasteiger partial charge in [0.2, 0.25) is 0 Å². The fourth-order valence-corrected chi connectivity index (χ4v) is 5.25. The second-order valence-corrected chi connectivity index (χ2v) is 8.45. The average molecular weight is 401 g/mol. The Kier molecular flexibility index (Phi) is 5.89. The number of hydroxylamine groups is 1. The summed E-state index contributed by atoms with van der Waals surface area (Å²) in [5.74, 6) is -2.62. The zero-order valence-electron chi connectivity index (χ0n) is 14.6. The van der Waals surface area contributed by atoms with Crippen molar-refractivity contribution in [2.24, 2.45) is 0 Å². The molecule has 2 aliphatic heterocycles. The fourth-order valence-electron chi connectivity index (χ4n) is 3.48. The lowest BCUT2D eigenvalue weighted by Crippen LogP contribution is -2.56. The topological polar surface area (TPSA) is 90.0 Å². The summed E-state index contributed by atoms with van der Waals surface area (Å²) in [4.78, 5) is 11.8. The van der Waals surface area contributed by atoms with E-state index in [1.54, 1.807) is 6.08 Å². The van der Waals surface area contributed by atoms with Gasteiger partial charge >= 0.3 is 0 Å². The highest BCUT2D eigenvalue weighted by molar-refractivity contribution is 7.86. The number of carbonyl (C=O) groups excluding carboxylic acids is 1. The number of amides is 1. The van der Waals surface area contributed by atoms with Gasteiger partial charge in [-0.2, -0.15) is 17.0 Å². The minimum absolute atomic E-state index is 0.0701. The van der Waals surface area contributed by atoms with Gasteiger partial charge in [0.1, 0.15) is 6.04 Å². The number of piperidine rings is 1. The first-order chi connectivity index (χ1) is 12.8. The van der Waals surface area contributed by atoms with Crippen molar-refractivity contribution >= 4 is 21.7 Å². The van der Waals surface area contributed by atoms with Gasteiger partial charge in [0.05, 0.1) is 0 Å². The molecule has 0 bridgehead atoms. The van der Waals surface area contributed by atoms with E-state index in [0.29, 0.717) is 31.2 Å². The lowest BCUT2D eigenvalue weighted by atomic mass is 10.0. The Morgan fingerprint density at radius 3 is 2.59 bits per heavy atom. The minimum atomic E-state index is -3.89. The maximum atomic E-state index is 13.4. The highest BCUT2D eigenvalue weighted by Gasteiger charge is 2.40. The number of nitrogens with one attached hydrogen (secondary N) is 1. The first-order valence-corrected chi connectivity index (χ1v) is 10.1. The molecule has 27 heavy (non-hydrogen) atoms. The molecular weight excluding hydrogens is 380 g/mol. The van der Waals surface area contributed by atoms with Crippen LogP contribution >= 0.6 is 0 Å². The molecule has 0 spiro atoms. The highest BCUT2D eigenvalue weighted by Crippen LogP contribution is 2.28. The van der Waals surface area contributed by atoms with Crippen LogP contribution in [0.2, 0.25) is 0 Å². The van der Waals surface area contributed by atoms with E-state index >= 15 is 0 Å². The Hall–Kier alpha value is -1.88. The molecule has 2 N–H and O–H groups in total. The Balaban J connectivity index is 1.78. The molecule has 0 radical (unpaired) electrons. The van der Waals surface area contributed by atoms with E-state index in [2.05, 4.69) is 0 Å². The third-order valence-electron chi connectivity index (χ3n) is 4.95. The summed E-state index contributed by atoms with van der Waals surface area (Å²) in [7, 11) is -3.89. The lowest BCUT2D eigenvalue weighted by molar-refractivity contribution is -0.134. The number of nitrogens with zero attached hydrogens (tertiary/aromatic N) is 2. The average Bonchev–Trinajstić information content (AvgIpc) is 2.69. The predicted molar refractivity (Wildman–Crippen MR) is 93.7 cm³/mol. The van der Waals surface area contributed by atoms with E-state index in [-0.39, 0.29) is 19.6 Å². The molecule has 0 aromatic heterocycles. The number of hydrogen-bond donors (Lipinski definition) is 2. The normalized spacial score (nSPS) is 22.3. The summed E-state index contributed by atoms with van der Waals surface area (Å²) in [6.45, 7) is 0.439. The molecule has 0 saturated carbocycles. The van der Waals surface area contributed by atoms with Crippen molar-refractivity contribution in [3.8, 4) is 0 Å². The van der Waals surface area contributed by atoms with Crippen LogP contribution in [0.3, 0.4) is 0 Å². The van der Waals surface area contributed by atoms with Crippen LogP contribution in [0.1, 0.15) is 31.2 Å². The van der Waals surface area contributed by atoms with Gasteiger partial charge in [-0.15, -0.1) is 0 Å². The van der Waals surface area contributed by atoms with E-state index in [1.807, 2.05) is 0 Å². The van der Waals surface area contributed by atoms with Gasteiger partial charge in [-0.3, -0.25) is 10.0 Å². The van der Waals surface area contributed by atoms with Crippen molar-refractivity contribution in [1.82, 2.24) is 14.1 Å². The molecule has 1 aromatic carbocycles. The van der Waals surface area contributed by atoms with Crippen molar-refractivity contribution in [3.05, 3.63) is 41.5 Å². The SMILES string of the molecule is O=C(NO)[C@H]1CCCCN1S(=O)(=O)N1CC=C(c2ccc(F)c(F)c2)CC1. The monoisotopic (exact) mass is 401 g/mol. The summed E-state index contributed by atoms with van der Waals surface area (Å²) in [5.41, 5.74) is 2.79. The Morgan fingerprint density at radius 1 is 1.19 bits per heavy atom. The van der Waals surface area contributed by atoms with E-state index in [0.717, 1.165) is 22.0 Å². The highest BCUT2D eigenvalue weighted by atomic mass is 32.2.